The largest absolute Gasteiger partial charge is 0.362 e. The van der Waals surface area contributed by atoms with Crippen molar-refractivity contribution in [2.75, 3.05) is 11.9 Å². The van der Waals surface area contributed by atoms with E-state index in [-0.39, 0.29) is 0 Å². The molecule has 96 valence electrons. The fourth-order valence-electron chi connectivity index (χ4n) is 2.08. The van der Waals surface area contributed by atoms with Gasteiger partial charge in [0.1, 0.15) is 0 Å². The standard InChI is InChI=1S/C14H19N3S/c18-14(17-13-7-4-9-15-11-13)16-10-8-12-5-2-1-3-6-12/h4-5,7,9,11H,1-3,6,8,10H2,(H2,16,17,18). The lowest BCUT2D eigenvalue weighted by Crippen LogP contribution is -2.29. The fourth-order valence-corrected chi connectivity index (χ4v) is 2.30. The molecule has 1 aromatic rings. The molecule has 2 rings (SSSR count). The molecule has 1 aliphatic carbocycles. The van der Waals surface area contributed by atoms with Crippen LogP contribution in [-0.4, -0.2) is 16.6 Å². The van der Waals surface area contributed by atoms with E-state index in [0.717, 1.165) is 18.7 Å². The molecular formula is C14H19N3S. The highest BCUT2D eigenvalue weighted by atomic mass is 32.1. The number of pyridine rings is 1. The third-order valence-corrected chi connectivity index (χ3v) is 3.28. The van der Waals surface area contributed by atoms with E-state index in [9.17, 15) is 0 Å². The van der Waals surface area contributed by atoms with Crippen LogP contribution in [0.5, 0.6) is 0 Å². The van der Waals surface area contributed by atoms with Crippen molar-refractivity contribution in [2.45, 2.75) is 32.1 Å². The van der Waals surface area contributed by atoms with Gasteiger partial charge in [-0.1, -0.05) is 11.6 Å². The van der Waals surface area contributed by atoms with Crippen molar-refractivity contribution < 1.29 is 0 Å². The number of allylic oxidation sites excluding steroid dienone is 1. The Kier molecular flexibility index (Phi) is 5.15. The number of aromatic nitrogens is 1. The Balaban J connectivity index is 1.67. The molecule has 1 heterocycles. The van der Waals surface area contributed by atoms with E-state index in [1.54, 1.807) is 18.0 Å². The molecule has 0 unspecified atom stereocenters. The summed E-state index contributed by atoms with van der Waals surface area (Å²) in [4.78, 5) is 4.03. The number of anilines is 1. The van der Waals surface area contributed by atoms with Gasteiger partial charge in [0.2, 0.25) is 0 Å². The summed E-state index contributed by atoms with van der Waals surface area (Å²) in [6, 6.07) is 3.84. The molecular weight excluding hydrogens is 242 g/mol. The van der Waals surface area contributed by atoms with E-state index in [1.165, 1.54) is 25.7 Å². The lowest BCUT2D eigenvalue weighted by Gasteiger charge is -2.14. The number of hydrogen-bond donors (Lipinski definition) is 2. The maximum atomic E-state index is 5.23. The van der Waals surface area contributed by atoms with E-state index in [2.05, 4.69) is 21.7 Å². The highest BCUT2D eigenvalue weighted by molar-refractivity contribution is 7.80. The molecule has 4 heteroatoms. The quantitative estimate of drug-likeness (QED) is 0.644. The maximum absolute atomic E-state index is 5.23. The molecule has 1 aromatic heterocycles. The molecule has 0 amide bonds. The Bertz CT molecular complexity index is 414. The molecule has 2 N–H and O–H groups in total. The van der Waals surface area contributed by atoms with Crippen LogP contribution in [0.15, 0.2) is 36.2 Å². The normalized spacial score (nSPS) is 14.8. The van der Waals surface area contributed by atoms with Gasteiger partial charge in [0, 0.05) is 12.7 Å². The summed E-state index contributed by atoms with van der Waals surface area (Å²) in [6.45, 7) is 0.901. The molecule has 0 atom stereocenters. The van der Waals surface area contributed by atoms with Crippen molar-refractivity contribution in [3.63, 3.8) is 0 Å². The highest BCUT2D eigenvalue weighted by Crippen LogP contribution is 2.19. The van der Waals surface area contributed by atoms with E-state index >= 15 is 0 Å². The molecule has 1 aliphatic rings. The number of thiocarbonyl (C=S) groups is 1. The smallest absolute Gasteiger partial charge is 0.170 e. The SMILES string of the molecule is S=C(NCCC1=CCCCC1)Nc1cccnc1. The Morgan fingerprint density at radius 3 is 3.06 bits per heavy atom. The van der Waals surface area contributed by atoms with Crippen molar-refractivity contribution in [1.82, 2.24) is 10.3 Å². The monoisotopic (exact) mass is 261 g/mol. The number of rotatable bonds is 4. The van der Waals surface area contributed by atoms with Crippen molar-refractivity contribution in [3.05, 3.63) is 36.2 Å². The van der Waals surface area contributed by atoms with Crippen molar-refractivity contribution >= 4 is 23.0 Å². The number of hydrogen-bond acceptors (Lipinski definition) is 2. The van der Waals surface area contributed by atoms with Crippen molar-refractivity contribution in [3.8, 4) is 0 Å². The van der Waals surface area contributed by atoms with Crippen LogP contribution in [-0.2, 0) is 0 Å². The lowest BCUT2D eigenvalue weighted by molar-refractivity contribution is 0.669. The minimum Gasteiger partial charge on any atom is -0.362 e. The maximum Gasteiger partial charge on any atom is 0.170 e. The van der Waals surface area contributed by atoms with Gasteiger partial charge in [-0.15, -0.1) is 0 Å². The molecule has 3 nitrogen and oxygen atoms in total. The molecule has 0 saturated carbocycles. The van der Waals surface area contributed by atoms with Gasteiger partial charge in [-0.3, -0.25) is 4.98 Å². The Hall–Kier alpha value is -1.42. The molecule has 0 aliphatic heterocycles. The summed E-state index contributed by atoms with van der Waals surface area (Å²) >= 11 is 5.23. The average molecular weight is 261 g/mol. The van der Waals surface area contributed by atoms with Crippen molar-refractivity contribution in [1.29, 1.82) is 0 Å². The second-order valence-electron chi connectivity index (χ2n) is 4.48. The Labute approximate surface area is 114 Å². The fraction of sp³-hybridized carbons (Fsp3) is 0.429. The summed E-state index contributed by atoms with van der Waals surface area (Å²) in [5, 5.41) is 7.01. The van der Waals surface area contributed by atoms with Gasteiger partial charge in [0.25, 0.3) is 0 Å². The third-order valence-electron chi connectivity index (χ3n) is 3.04. The van der Waals surface area contributed by atoms with Gasteiger partial charge in [-0.2, -0.15) is 0 Å². The number of nitrogens with one attached hydrogen (secondary N) is 2. The number of nitrogens with zero attached hydrogens (tertiary/aromatic N) is 1. The van der Waals surface area contributed by atoms with E-state index in [4.69, 9.17) is 12.2 Å². The summed E-state index contributed by atoms with van der Waals surface area (Å²) in [5.41, 5.74) is 2.49. The topological polar surface area (TPSA) is 37.0 Å². The van der Waals surface area contributed by atoms with E-state index in [1.807, 2.05) is 12.1 Å². The van der Waals surface area contributed by atoms with E-state index < -0.39 is 0 Å². The van der Waals surface area contributed by atoms with Crippen LogP contribution in [0.3, 0.4) is 0 Å². The van der Waals surface area contributed by atoms with Crippen LogP contribution in [0.1, 0.15) is 32.1 Å². The average Bonchev–Trinajstić information content (AvgIpc) is 2.41. The molecule has 0 radical (unpaired) electrons. The molecule has 0 saturated heterocycles. The van der Waals surface area contributed by atoms with Gasteiger partial charge in [0.05, 0.1) is 11.9 Å². The van der Waals surface area contributed by atoms with Crippen LogP contribution in [0, 0.1) is 0 Å². The predicted molar refractivity (Wildman–Crippen MR) is 79.6 cm³/mol. The van der Waals surface area contributed by atoms with Crippen LogP contribution in [0.25, 0.3) is 0 Å². The Morgan fingerprint density at radius 2 is 2.33 bits per heavy atom. The highest BCUT2D eigenvalue weighted by Gasteiger charge is 2.03. The molecule has 0 bridgehead atoms. The lowest BCUT2D eigenvalue weighted by atomic mass is 9.97. The predicted octanol–water partition coefficient (Wildman–Crippen LogP) is 3.26. The van der Waals surface area contributed by atoms with Gasteiger partial charge in [0.15, 0.2) is 5.11 Å². The van der Waals surface area contributed by atoms with Crippen LogP contribution < -0.4 is 10.6 Å². The first kappa shape index (κ1) is 13.0. The minimum atomic E-state index is 0.666. The second kappa shape index (κ2) is 7.11. The first-order valence-corrected chi connectivity index (χ1v) is 6.88. The molecule has 0 aromatic carbocycles. The van der Waals surface area contributed by atoms with Crippen LogP contribution in [0.4, 0.5) is 5.69 Å². The van der Waals surface area contributed by atoms with E-state index in [0.29, 0.717) is 5.11 Å². The summed E-state index contributed by atoms with van der Waals surface area (Å²) in [7, 11) is 0. The van der Waals surface area contributed by atoms with Gasteiger partial charge in [-0.05, 0) is 56.5 Å². The van der Waals surface area contributed by atoms with Gasteiger partial charge < -0.3 is 10.6 Å². The molecule has 18 heavy (non-hydrogen) atoms. The second-order valence-corrected chi connectivity index (χ2v) is 4.89. The minimum absolute atomic E-state index is 0.666. The van der Waals surface area contributed by atoms with Gasteiger partial charge in [-0.25, -0.2) is 0 Å². The first-order chi connectivity index (χ1) is 8.84. The Morgan fingerprint density at radius 1 is 1.39 bits per heavy atom. The zero-order valence-electron chi connectivity index (χ0n) is 10.5. The first-order valence-electron chi connectivity index (χ1n) is 6.47. The summed E-state index contributed by atoms with van der Waals surface area (Å²) in [5.74, 6) is 0. The third kappa shape index (κ3) is 4.45. The molecule has 0 fully saturated rings. The van der Waals surface area contributed by atoms with Crippen LogP contribution in [0.2, 0.25) is 0 Å². The summed E-state index contributed by atoms with van der Waals surface area (Å²) < 4.78 is 0. The zero-order chi connectivity index (χ0) is 12.6. The zero-order valence-corrected chi connectivity index (χ0v) is 11.3. The van der Waals surface area contributed by atoms with Gasteiger partial charge >= 0.3 is 0 Å². The molecule has 0 spiro atoms. The van der Waals surface area contributed by atoms with Crippen LogP contribution >= 0.6 is 12.2 Å². The van der Waals surface area contributed by atoms with Crippen molar-refractivity contribution in [2.24, 2.45) is 0 Å². The summed E-state index contributed by atoms with van der Waals surface area (Å²) in [6.07, 6.45) is 12.2.